The maximum absolute atomic E-state index is 12.3. The number of hydrogen-bond donors (Lipinski definition) is 1. The van der Waals surface area contributed by atoms with Gasteiger partial charge < -0.3 is 4.57 Å². The summed E-state index contributed by atoms with van der Waals surface area (Å²) in [6.45, 7) is 0. The first-order chi connectivity index (χ1) is 11.3. The van der Waals surface area contributed by atoms with E-state index in [0.717, 1.165) is 18.4 Å². The van der Waals surface area contributed by atoms with Gasteiger partial charge in [-0.2, -0.15) is 0 Å². The van der Waals surface area contributed by atoms with Crippen LogP contribution in [0.5, 0.6) is 0 Å². The Morgan fingerprint density at radius 3 is 2.83 bits per heavy atom. The van der Waals surface area contributed by atoms with Crippen LogP contribution in [0.1, 0.15) is 34.0 Å². The zero-order chi connectivity index (χ0) is 17.5. The topological polar surface area (TPSA) is 94.5 Å². The Bertz CT molecular complexity index is 947. The van der Waals surface area contributed by atoms with Gasteiger partial charge in [-0.05, 0) is 42.2 Å². The minimum Gasteiger partial charge on any atom is -0.345 e. The second-order valence-corrected chi connectivity index (χ2v) is 7.79. The van der Waals surface area contributed by atoms with Crippen molar-refractivity contribution < 1.29 is 13.2 Å². The number of hydrogen-bond acceptors (Lipinski definition) is 3. The standard InChI is InChI=1S/C16H16ClN3O3S/c1-20-9-13(24(18,22)23)7-15(20)16(21)19-8-11-3-2-10-6-12(17)4-5-14(10)11/h4-9,11H,2-3H2,1H3,(H2,18,22,23). The van der Waals surface area contributed by atoms with Crippen LogP contribution >= 0.6 is 11.6 Å². The Morgan fingerprint density at radius 1 is 1.42 bits per heavy atom. The van der Waals surface area contributed by atoms with Crippen molar-refractivity contribution in [3.8, 4) is 0 Å². The van der Waals surface area contributed by atoms with Crippen LogP contribution in [0.4, 0.5) is 0 Å². The van der Waals surface area contributed by atoms with Crippen LogP contribution in [0, 0.1) is 0 Å². The third-order valence-electron chi connectivity index (χ3n) is 4.13. The van der Waals surface area contributed by atoms with Crippen LogP contribution in [0.3, 0.4) is 0 Å². The number of carbonyl (C=O) groups is 1. The number of sulfonamides is 1. The van der Waals surface area contributed by atoms with Crippen LogP contribution in [0.2, 0.25) is 5.02 Å². The molecule has 0 bridgehead atoms. The van der Waals surface area contributed by atoms with Gasteiger partial charge in [0.1, 0.15) is 10.6 Å². The number of rotatable bonds is 3. The molecule has 126 valence electrons. The molecule has 0 saturated carbocycles. The zero-order valence-electron chi connectivity index (χ0n) is 12.9. The Kier molecular flexibility index (Phi) is 4.33. The number of benzene rings is 1. The normalized spacial score (nSPS) is 17.4. The molecule has 3 rings (SSSR count). The number of fused-ring (bicyclic) bond motifs is 1. The molecular weight excluding hydrogens is 350 g/mol. The van der Waals surface area contributed by atoms with Gasteiger partial charge in [0.15, 0.2) is 0 Å². The van der Waals surface area contributed by atoms with E-state index in [1.54, 1.807) is 13.3 Å². The molecule has 1 unspecified atom stereocenters. The summed E-state index contributed by atoms with van der Waals surface area (Å²) in [5.41, 5.74) is 2.46. The first kappa shape index (κ1) is 16.9. The molecule has 1 amide bonds. The highest BCUT2D eigenvalue weighted by atomic mass is 35.5. The predicted octanol–water partition coefficient (Wildman–Crippen LogP) is 2.27. The number of halogens is 1. The van der Waals surface area contributed by atoms with E-state index in [9.17, 15) is 13.2 Å². The molecule has 0 spiro atoms. The van der Waals surface area contributed by atoms with Gasteiger partial charge in [0, 0.05) is 30.4 Å². The van der Waals surface area contributed by atoms with Crippen LogP contribution in [-0.4, -0.2) is 25.1 Å². The van der Waals surface area contributed by atoms with Crippen molar-refractivity contribution in [3.05, 3.63) is 52.3 Å². The van der Waals surface area contributed by atoms with Gasteiger partial charge in [0.05, 0.1) is 0 Å². The molecule has 1 heterocycles. The SMILES string of the molecule is Cn1cc(S(N)(=O)=O)cc1C(=O)N=CC1CCc2cc(Cl)ccc21. The van der Waals surface area contributed by atoms with Crippen LogP contribution in [-0.2, 0) is 23.5 Å². The predicted molar refractivity (Wildman–Crippen MR) is 92.1 cm³/mol. The second-order valence-electron chi connectivity index (χ2n) is 5.79. The average Bonchev–Trinajstić information content (AvgIpc) is 3.07. The fraction of sp³-hybridized carbons (Fsp3) is 0.250. The number of amides is 1. The van der Waals surface area contributed by atoms with E-state index in [4.69, 9.17) is 16.7 Å². The number of aromatic nitrogens is 1. The van der Waals surface area contributed by atoms with Crippen molar-refractivity contribution in [1.29, 1.82) is 0 Å². The van der Waals surface area contributed by atoms with E-state index in [0.29, 0.717) is 5.02 Å². The molecule has 1 aliphatic rings. The fourth-order valence-electron chi connectivity index (χ4n) is 2.90. The number of carbonyl (C=O) groups excluding carboxylic acids is 1. The molecule has 0 aliphatic heterocycles. The van der Waals surface area contributed by atoms with Gasteiger partial charge >= 0.3 is 0 Å². The molecule has 8 heteroatoms. The van der Waals surface area contributed by atoms with Gasteiger partial charge in [0.2, 0.25) is 10.0 Å². The lowest BCUT2D eigenvalue weighted by Crippen LogP contribution is -2.11. The summed E-state index contributed by atoms with van der Waals surface area (Å²) in [6, 6.07) is 6.94. The molecule has 0 saturated heterocycles. The minimum atomic E-state index is -3.85. The van der Waals surface area contributed by atoms with Crippen LogP contribution in [0.15, 0.2) is 40.4 Å². The van der Waals surface area contributed by atoms with Crippen LogP contribution in [0.25, 0.3) is 0 Å². The average molecular weight is 366 g/mol. The third kappa shape index (κ3) is 3.28. The molecule has 2 N–H and O–H groups in total. The summed E-state index contributed by atoms with van der Waals surface area (Å²) in [4.78, 5) is 16.1. The van der Waals surface area contributed by atoms with Gasteiger partial charge in [0.25, 0.3) is 5.91 Å². The van der Waals surface area contributed by atoms with E-state index in [1.165, 1.54) is 22.4 Å². The quantitative estimate of drug-likeness (QED) is 0.845. The first-order valence-electron chi connectivity index (χ1n) is 7.31. The highest BCUT2D eigenvalue weighted by Crippen LogP contribution is 2.33. The Balaban J connectivity index is 1.82. The van der Waals surface area contributed by atoms with Gasteiger partial charge in [-0.1, -0.05) is 17.7 Å². The highest BCUT2D eigenvalue weighted by Gasteiger charge is 2.22. The molecule has 1 aromatic heterocycles. The smallest absolute Gasteiger partial charge is 0.293 e. The lowest BCUT2D eigenvalue weighted by molar-refractivity contribution is 0.0995. The fourth-order valence-corrected chi connectivity index (χ4v) is 3.68. The largest absolute Gasteiger partial charge is 0.345 e. The summed E-state index contributed by atoms with van der Waals surface area (Å²) in [5, 5.41) is 5.77. The summed E-state index contributed by atoms with van der Waals surface area (Å²) >= 11 is 5.99. The number of aryl methyl sites for hydroxylation is 2. The summed E-state index contributed by atoms with van der Waals surface area (Å²) < 4.78 is 24.1. The van der Waals surface area contributed by atoms with Crippen molar-refractivity contribution in [3.63, 3.8) is 0 Å². The number of aliphatic imine (C=N–C) groups is 1. The molecule has 6 nitrogen and oxygen atoms in total. The molecule has 2 aromatic rings. The monoisotopic (exact) mass is 365 g/mol. The number of nitrogens with zero attached hydrogens (tertiary/aromatic N) is 2. The maximum atomic E-state index is 12.3. The molecular formula is C16H16ClN3O3S. The molecule has 1 atom stereocenters. The van der Waals surface area contributed by atoms with E-state index >= 15 is 0 Å². The zero-order valence-corrected chi connectivity index (χ0v) is 14.5. The third-order valence-corrected chi connectivity index (χ3v) is 5.24. The Labute approximate surface area is 145 Å². The maximum Gasteiger partial charge on any atom is 0.293 e. The molecule has 1 aliphatic carbocycles. The van der Waals surface area contributed by atoms with E-state index < -0.39 is 15.9 Å². The molecule has 1 aromatic carbocycles. The summed E-state index contributed by atoms with van der Waals surface area (Å²) in [6.07, 6.45) is 4.67. The minimum absolute atomic E-state index is 0.0548. The Hall–Kier alpha value is -1.96. The van der Waals surface area contributed by atoms with Gasteiger partial charge in [-0.3, -0.25) is 4.79 Å². The van der Waals surface area contributed by atoms with E-state index in [2.05, 4.69) is 4.99 Å². The van der Waals surface area contributed by atoms with Crippen molar-refractivity contribution in [2.45, 2.75) is 23.7 Å². The summed E-state index contributed by atoms with van der Waals surface area (Å²) in [5.74, 6) is -0.450. The van der Waals surface area contributed by atoms with Crippen molar-refractivity contribution in [2.24, 2.45) is 17.2 Å². The molecule has 0 fully saturated rings. The lowest BCUT2D eigenvalue weighted by atomic mass is 10.0. The second kappa shape index (κ2) is 6.16. The van der Waals surface area contributed by atoms with Crippen molar-refractivity contribution in [2.75, 3.05) is 0 Å². The van der Waals surface area contributed by atoms with Crippen molar-refractivity contribution >= 4 is 33.7 Å². The lowest BCUT2D eigenvalue weighted by Gasteiger charge is -2.05. The summed E-state index contributed by atoms with van der Waals surface area (Å²) in [7, 11) is -2.28. The van der Waals surface area contributed by atoms with E-state index in [1.807, 2.05) is 18.2 Å². The van der Waals surface area contributed by atoms with Crippen molar-refractivity contribution in [1.82, 2.24) is 4.57 Å². The first-order valence-corrected chi connectivity index (χ1v) is 9.24. The highest BCUT2D eigenvalue weighted by molar-refractivity contribution is 7.89. The van der Waals surface area contributed by atoms with Gasteiger partial charge in [-0.15, -0.1) is 0 Å². The number of primary sulfonamides is 1. The molecule has 24 heavy (non-hydrogen) atoms. The van der Waals surface area contributed by atoms with Gasteiger partial charge in [-0.25, -0.2) is 18.5 Å². The van der Waals surface area contributed by atoms with Crippen LogP contribution < -0.4 is 5.14 Å². The number of nitrogens with two attached hydrogens (primary N) is 1. The Morgan fingerprint density at radius 2 is 2.17 bits per heavy atom. The van der Waals surface area contributed by atoms with E-state index in [-0.39, 0.29) is 16.5 Å². The molecule has 0 radical (unpaired) electrons.